The maximum Gasteiger partial charge on any atom is 0.0640 e. The van der Waals surface area contributed by atoms with Crippen LogP contribution in [0.4, 0.5) is 0 Å². The number of benzene rings is 1. The van der Waals surface area contributed by atoms with Crippen LogP contribution >= 0.6 is 23.2 Å². The molecule has 4 heteroatoms. The van der Waals surface area contributed by atoms with Crippen molar-refractivity contribution in [1.29, 1.82) is 0 Å². The van der Waals surface area contributed by atoms with Crippen LogP contribution in [0.25, 0.3) is 0 Å². The molecule has 2 N–H and O–H groups in total. The zero-order chi connectivity index (χ0) is 13.4. The van der Waals surface area contributed by atoms with E-state index < -0.39 is 0 Å². The van der Waals surface area contributed by atoms with E-state index in [0.29, 0.717) is 16.0 Å². The van der Waals surface area contributed by atoms with Crippen LogP contribution in [0.1, 0.15) is 32.4 Å². The molecule has 5 unspecified atom stereocenters. The standard InChI is InChI=1S/C14H19Cl2NO/c1-7-8(2)18-9(3)12(7)14(17)10-5-4-6-11(15)13(10)16/h4-9,12,14H,17H2,1-3H3. The molecule has 2 nitrogen and oxygen atoms in total. The lowest BCUT2D eigenvalue weighted by molar-refractivity contribution is 0.0489. The average Bonchev–Trinajstić information content (AvgIpc) is 2.56. The Bertz CT molecular complexity index is 438. The van der Waals surface area contributed by atoms with Gasteiger partial charge in [-0.3, -0.25) is 0 Å². The Hall–Kier alpha value is -0.280. The molecule has 0 amide bonds. The number of ether oxygens (including phenoxy) is 1. The van der Waals surface area contributed by atoms with Crippen LogP contribution in [0.2, 0.25) is 10.0 Å². The van der Waals surface area contributed by atoms with Gasteiger partial charge in [-0.05, 0) is 31.4 Å². The average molecular weight is 288 g/mol. The van der Waals surface area contributed by atoms with E-state index in [1.54, 1.807) is 6.07 Å². The van der Waals surface area contributed by atoms with Crippen molar-refractivity contribution < 1.29 is 4.74 Å². The molecule has 0 saturated carbocycles. The van der Waals surface area contributed by atoms with Crippen molar-refractivity contribution in [2.75, 3.05) is 0 Å². The van der Waals surface area contributed by atoms with E-state index >= 15 is 0 Å². The summed E-state index contributed by atoms with van der Waals surface area (Å²) in [6.45, 7) is 6.34. The van der Waals surface area contributed by atoms with Gasteiger partial charge in [0.2, 0.25) is 0 Å². The van der Waals surface area contributed by atoms with Gasteiger partial charge in [0.1, 0.15) is 0 Å². The monoisotopic (exact) mass is 287 g/mol. The molecule has 0 spiro atoms. The molecule has 1 aliphatic rings. The van der Waals surface area contributed by atoms with Gasteiger partial charge in [0.25, 0.3) is 0 Å². The molecule has 100 valence electrons. The zero-order valence-electron chi connectivity index (χ0n) is 10.9. The molecule has 0 aliphatic carbocycles. The van der Waals surface area contributed by atoms with Crippen molar-refractivity contribution in [1.82, 2.24) is 0 Å². The van der Waals surface area contributed by atoms with E-state index in [0.717, 1.165) is 5.56 Å². The molecule has 0 aromatic heterocycles. The molecule has 0 radical (unpaired) electrons. The SMILES string of the molecule is CC1OC(C)C(C(N)c2cccc(Cl)c2Cl)C1C. The lowest BCUT2D eigenvalue weighted by Crippen LogP contribution is -2.30. The van der Waals surface area contributed by atoms with Crippen molar-refractivity contribution >= 4 is 23.2 Å². The van der Waals surface area contributed by atoms with Gasteiger partial charge in [-0.2, -0.15) is 0 Å². The molecule has 1 aliphatic heterocycles. The molecule has 0 bridgehead atoms. The largest absolute Gasteiger partial charge is 0.375 e. The predicted octanol–water partition coefficient (Wildman–Crippen LogP) is 4.05. The third-order valence-electron chi connectivity index (χ3n) is 4.07. The maximum absolute atomic E-state index is 6.39. The van der Waals surface area contributed by atoms with Crippen molar-refractivity contribution in [3.8, 4) is 0 Å². The summed E-state index contributed by atoms with van der Waals surface area (Å²) >= 11 is 12.3. The summed E-state index contributed by atoms with van der Waals surface area (Å²) in [7, 11) is 0. The first-order valence-electron chi connectivity index (χ1n) is 6.28. The van der Waals surface area contributed by atoms with Crippen LogP contribution in [-0.4, -0.2) is 12.2 Å². The van der Waals surface area contributed by atoms with Crippen molar-refractivity contribution in [3.63, 3.8) is 0 Å². The summed E-state index contributed by atoms with van der Waals surface area (Å²) in [5.74, 6) is 0.668. The Morgan fingerprint density at radius 3 is 2.39 bits per heavy atom. The van der Waals surface area contributed by atoms with Crippen molar-refractivity contribution in [3.05, 3.63) is 33.8 Å². The smallest absolute Gasteiger partial charge is 0.0640 e. The fraction of sp³-hybridized carbons (Fsp3) is 0.571. The van der Waals surface area contributed by atoms with E-state index in [-0.39, 0.29) is 24.2 Å². The minimum Gasteiger partial charge on any atom is -0.375 e. The fourth-order valence-corrected chi connectivity index (χ4v) is 3.33. The van der Waals surface area contributed by atoms with Gasteiger partial charge >= 0.3 is 0 Å². The van der Waals surface area contributed by atoms with Crippen LogP contribution in [0.5, 0.6) is 0 Å². The van der Waals surface area contributed by atoms with Crippen LogP contribution < -0.4 is 5.73 Å². The number of hydrogen-bond donors (Lipinski definition) is 1. The quantitative estimate of drug-likeness (QED) is 0.891. The number of rotatable bonds is 2. The molecule has 1 aromatic rings. The second-order valence-electron chi connectivity index (χ2n) is 5.15. The third-order valence-corrected chi connectivity index (χ3v) is 4.91. The number of nitrogens with two attached hydrogens (primary N) is 1. The van der Waals surface area contributed by atoms with Crippen LogP contribution in [0.3, 0.4) is 0 Å². The van der Waals surface area contributed by atoms with Gasteiger partial charge in [-0.15, -0.1) is 0 Å². The maximum atomic E-state index is 6.39. The first kappa shape index (κ1) is 14.1. The van der Waals surface area contributed by atoms with E-state index in [1.807, 2.05) is 12.1 Å². The van der Waals surface area contributed by atoms with Crippen molar-refractivity contribution in [2.45, 2.75) is 39.0 Å². The molecular weight excluding hydrogens is 269 g/mol. The lowest BCUT2D eigenvalue weighted by atomic mass is 9.81. The van der Waals surface area contributed by atoms with Gasteiger partial charge in [0.15, 0.2) is 0 Å². The minimum absolute atomic E-state index is 0.139. The highest BCUT2D eigenvalue weighted by atomic mass is 35.5. The Morgan fingerprint density at radius 2 is 1.83 bits per heavy atom. The van der Waals surface area contributed by atoms with E-state index in [4.69, 9.17) is 33.7 Å². The Morgan fingerprint density at radius 1 is 1.17 bits per heavy atom. The molecule has 5 atom stereocenters. The summed E-state index contributed by atoms with van der Waals surface area (Å²) in [4.78, 5) is 0. The summed E-state index contributed by atoms with van der Waals surface area (Å²) in [6.07, 6.45) is 0.369. The first-order chi connectivity index (χ1) is 8.43. The Balaban J connectivity index is 2.31. The summed E-state index contributed by atoms with van der Waals surface area (Å²) in [6, 6.07) is 5.46. The molecule has 1 aromatic carbocycles. The second kappa shape index (κ2) is 5.38. The third kappa shape index (κ3) is 2.39. The lowest BCUT2D eigenvalue weighted by Gasteiger charge is -2.26. The molecule has 1 saturated heterocycles. The normalized spacial score (nSPS) is 33.7. The summed E-state index contributed by atoms with van der Waals surface area (Å²) < 4.78 is 5.84. The molecule has 1 fully saturated rings. The van der Waals surface area contributed by atoms with Crippen LogP contribution in [-0.2, 0) is 4.74 Å². The number of hydrogen-bond acceptors (Lipinski definition) is 2. The van der Waals surface area contributed by atoms with E-state index in [1.165, 1.54) is 0 Å². The minimum atomic E-state index is -0.147. The Labute approximate surface area is 118 Å². The Kier molecular flexibility index (Phi) is 4.22. The fourth-order valence-electron chi connectivity index (χ4n) is 2.90. The highest BCUT2D eigenvalue weighted by Gasteiger charge is 2.41. The molecule has 2 rings (SSSR count). The van der Waals surface area contributed by atoms with E-state index in [9.17, 15) is 0 Å². The van der Waals surface area contributed by atoms with Crippen molar-refractivity contribution in [2.24, 2.45) is 17.6 Å². The van der Waals surface area contributed by atoms with E-state index in [2.05, 4.69) is 20.8 Å². The van der Waals surface area contributed by atoms with Gasteiger partial charge in [0, 0.05) is 12.0 Å². The zero-order valence-corrected chi connectivity index (χ0v) is 12.4. The second-order valence-corrected chi connectivity index (χ2v) is 5.94. The summed E-state index contributed by atoms with van der Waals surface area (Å²) in [5, 5.41) is 1.11. The number of halogens is 2. The molecule has 1 heterocycles. The van der Waals surface area contributed by atoms with Gasteiger partial charge in [-0.1, -0.05) is 42.3 Å². The van der Waals surface area contributed by atoms with Gasteiger partial charge in [-0.25, -0.2) is 0 Å². The first-order valence-corrected chi connectivity index (χ1v) is 7.04. The van der Waals surface area contributed by atoms with Gasteiger partial charge < -0.3 is 10.5 Å². The molecular formula is C14H19Cl2NO. The van der Waals surface area contributed by atoms with Crippen LogP contribution in [0.15, 0.2) is 18.2 Å². The topological polar surface area (TPSA) is 35.2 Å². The highest BCUT2D eigenvalue weighted by Crippen LogP contribution is 2.42. The van der Waals surface area contributed by atoms with Crippen LogP contribution in [0, 0.1) is 11.8 Å². The predicted molar refractivity (Wildman–Crippen MR) is 76.1 cm³/mol. The highest BCUT2D eigenvalue weighted by molar-refractivity contribution is 6.42. The van der Waals surface area contributed by atoms with Gasteiger partial charge in [0.05, 0.1) is 22.3 Å². The molecule has 18 heavy (non-hydrogen) atoms. The summed E-state index contributed by atoms with van der Waals surface area (Å²) in [5.41, 5.74) is 7.30.